The van der Waals surface area contributed by atoms with Gasteiger partial charge in [0.15, 0.2) is 0 Å². The van der Waals surface area contributed by atoms with Crippen LogP contribution in [0.25, 0.3) is 0 Å². The quantitative estimate of drug-likeness (QED) is 0.551. The lowest BCUT2D eigenvalue weighted by molar-refractivity contribution is -0.138. The number of hydrogen-bond donors (Lipinski definition) is 1. The number of benzene rings is 1. The number of amides is 2. The third-order valence-corrected chi connectivity index (χ3v) is 2.46. The van der Waals surface area contributed by atoms with Crippen molar-refractivity contribution in [3.05, 3.63) is 23.8 Å². The van der Waals surface area contributed by atoms with Gasteiger partial charge in [0.25, 0.3) is 11.8 Å². The molecule has 16 heavy (non-hydrogen) atoms. The van der Waals surface area contributed by atoms with E-state index in [1.54, 1.807) is 18.2 Å². The maximum absolute atomic E-state index is 11.6. The van der Waals surface area contributed by atoms with Crippen molar-refractivity contribution < 1.29 is 14.3 Å². The highest BCUT2D eigenvalue weighted by Crippen LogP contribution is 2.22. The van der Waals surface area contributed by atoms with Gasteiger partial charge in [0, 0.05) is 5.69 Å². The van der Waals surface area contributed by atoms with E-state index in [9.17, 15) is 9.59 Å². The lowest BCUT2D eigenvalue weighted by Gasteiger charge is -2.25. The Morgan fingerprint density at radius 1 is 1.25 bits per heavy atom. The monoisotopic (exact) mass is 220 g/mol. The number of nitrogens with two attached hydrogens (primary N) is 1. The van der Waals surface area contributed by atoms with E-state index in [1.807, 2.05) is 6.92 Å². The van der Waals surface area contributed by atoms with Gasteiger partial charge in [0.2, 0.25) is 0 Å². The van der Waals surface area contributed by atoms with E-state index >= 15 is 0 Å². The fraction of sp³-hybridized carbons (Fsp3) is 0.273. The number of nitrogens with zero attached hydrogens (tertiary/aromatic N) is 1. The Morgan fingerprint density at radius 2 is 1.88 bits per heavy atom. The Labute approximate surface area is 92.8 Å². The van der Waals surface area contributed by atoms with Gasteiger partial charge in [-0.3, -0.25) is 9.59 Å². The first-order chi connectivity index (χ1) is 7.59. The highest BCUT2D eigenvalue weighted by atomic mass is 16.5. The summed E-state index contributed by atoms with van der Waals surface area (Å²) in [5.41, 5.74) is 7.69. The van der Waals surface area contributed by atoms with Crippen molar-refractivity contribution in [2.45, 2.75) is 6.92 Å². The summed E-state index contributed by atoms with van der Waals surface area (Å²) in [6.07, 6.45) is 0. The molecule has 2 rings (SSSR count). The molecule has 1 aliphatic rings. The van der Waals surface area contributed by atoms with Gasteiger partial charge in [-0.05, 0) is 30.7 Å². The van der Waals surface area contributed by atoms with Crippen LogP contribution < -0.4 is 10.6 Å². The molecular weight excluding hydrogens is 208 g/mol. The lowest BCUT2D eigenvalue weighted by atomic mass is 10.1. The number of aryl methyl sites for hydroxylation is 1. The van der Waals surface area contributed by atoms with Crippen LogP contribution in [0.4, 0.5) is 11.4 Å². The minimum Gasteiger partial charge on any atom is -0.399 e. The summed E-state index contributed by atoms with van der Waals surface area (Å²) in [7, 11) is 0. The molecule has 1 fully saturated rings. The molecule has 84 valence electrons. The van der Waals surface area contributed by atoms with Crippen molar-refractivity contribution in [1.82, 2.24) is 0 Å². The van der Waals surface area contributed by atoms with Gasteiger partial charge in [-0.15, -0.1) is 0 Å². The molecule has 0 atom stereocenters. The first-order valence-corrected chi connectivity index (χ1v) is 4.89. The van der Waals surface area contributed by atoms with Crippen LogP contribution in [0.1, 0.15) is 5.56 Å². The van der Waals surface area contributed by atoms with Crippen LogP contribution in [0.15, 0.2) is 18.2 Å². The number of rotatable bonds is 1. The number of nitrogen functional groups attached to an aromatic ring is 1. The molecule has 1 saturated heterocycles. The molecule has 0 spiro atoms. The summed E-state index contributed by atoms with van der Waals surface area (Å²) in [5, 5.41) is 0. The van der Waals surface area contributed by atoms with Gasteiger partial charge in [0.05, 0.1) is 5.69 Å². The minimum absolute atomic E-state index is 0.0604. The van der Waals surface area contributed by atoms with Gasteiger partial charge in [0.1, 0.15) is 13.2 Å². The zero-order valence-corrected chi connectivity index (χ0v) is 8.90. The third kappa shape index (κ3) is 1.77. The molecule has 2 N–H and O–H groups in total. The Kier molecular flexibility index (Phi) is 2.62. The van der Waals surface area contributed by atoms with Crippen LogP contribution in [0, 0.1) is 6.92 Å². The lowest BCUT2D eigenvalue weighted by Crippen LogP contribution is -2.46. The van der Waals surface area contributed by atoms with Crippen LogP contribution >= 0.6 is 0 Å². The standard InChI is InChI=1S/C11H12N2O3/c1-7-4-8(2-3-9(7)12)13-10(14)5-16-6-11(13)15/h2-4H,5-6,12H2,1H3. The fourth-order valence-corrected chi connectivity index (χ4v) is 1.58. The zero-order chi connectivity index (χ0) is 11.7. The number of hydrogen-bond acceptors (Lipinski definition) is 4. The van der Waals surface area contributed by atoms with Crippen LogP contribution in [0.2, 0.25) is 0 Å². The summed E-state index contributed by atoms with van der Waals surface area (Å²) < 4.78 is 4.83. The van der Waals surface area contributed by atoms with Gasteiger partial charge >= 0.3 is 0 Å². The molecule has 1 aromatic carbocycles. The Hall–Kier alpha value is -1.88. The highest BCUT2D eigenvalue weighted by molar-refractivity contribution is 6.17. The Morgan fingerprint density at radius 3 is 2.44 bits per heavy atom. The second-order valence-corrected chi connectivity index (χ2v) is 3.66. The fourth-order valence-electron chi connectivity index (χ4n) is 1.58. The largest absolute Gasteiger partial charge is 0.399 e. The SMILES string of the molecule is Cc1cc(N2C(=O)COCC2=O)ccc1N. The number of anilines is 2. The van der Waals surface area contributed by atoms with E-state index in [0.29, 0.717) is 11.4 Å². The topological polar surface area (TPSA) is 72.6 Å². The van der Waals surface area contributed by atoms with Gasteiger partial charge in [-0.2, -0.15) is 0 Å². The molecule has 5 heteroatoms. The molecule has 0 saturated carbocycles. The molecule has 0 radical (unpaired) electrons. The van der Waals surface area contributed by atoms with Crippen molar-refractivity contribution in [2.75, 3.05) is 23.8 Å². The third-order valence-electron chi connectivity index (χ3n) is 2.46. The highest BCUT2D eigenvalue weighted by Gasteiger charge is 2.28. The van der Waals surface area contributed by atoms with Gasteiger partial charge < -0.3 is 10.5 Å². The number of morpholine rings is 1. The minimum atomic E-state index is -0.347. The molecule has 0 aromatic heterocycles. The Bertz CT molecular complexity index is 441. The molecule has 2 amide bonds. The molecule has 0 aliphatic carbocycles. The first kappa shape index (κ1) is 10.6. The average Bonchev–Trinajstić information content (AvgIpc) is 2.23. The van der Waals surface area contributed by atoms with Crippen LogP contribution in [0.3, 0.4) is 0 Å². The van der Waals surface area contributed by atoms with E-state index in [1.165, 1.54) is 0 Å². The van der Waals surface area contributed by atoms with Crippen LogP contribution in [-0.2, 0) is 14.3 Å². The maximum atomic E-state index is 11.6. The summed E-state index contributed by atoms with van der Waals surface area (Å²) in [5.74, 6) is -0.694. The molecule has 0 unspecified atom stereocenters. The second-order valence-electron chi connectivity index (χ2n) is 3.66. The predicted molar refractivity (Wildman–Crippen MR) is 58.9 cm³/mol. The summed E-state index contributed by atoms with van der Waals surface area (Å²) in [4.78, 5) is 24.2. The zero-order valence-electron chi connectivity index (χ0n) is 8.90. The molecule has 1 aliphatic heterocycles. The van der Waals surface area contributed by atoms with Crippen LogP contribution in [-0.4, -0.2) is 25.0 Å². The predicted octanol–water partition coefficient (Wildman–Crippen LogP) is 0.467. The maximum Gasteiger partial charge on any atom is 0.259 e. The van der Waals surface area contributed by atoms with Crippen LogP contribution in [0.5, 0.6) is 0 Å². The first-order valence-electron chi connectivity index (χ1n) is 4.89. The summed E-state index contributed by atoms with van der Waals surface area (Å²) in [6, 6.07) is 5.06. The van der Waals surface area contributed by atoms with E-state index in [0.717, 1.165) is 10.5 Å². The van der Waals surface area contributed by atoms with Gasteiger partial charge in [-0.25, -0.2) is 4.90 Å². The number of imide groups is 1. The van der Waals surface area contributed by atoms with E-state index in [-0.39, 0.29) is 25.0 Å². The summed E-state index contributed by atoms with van der Waals surface area (Å²) >= 11 is 0. The van der Waals surface area contributed by atoms with Crippen molar-refractivity contribution in [3.8, 4) is 0 Å². The number of carbonyl (C=O) groups excluding carboxylic acids is 2. The number of carbonyl (C=O) groups is 2. The molecular formula is C11H12N2O3. The van der Waals surface area contributed by atoms with E-state index < -0.39 is 0 Å². The molecule has 1 aromatic rings. The molecule has 0 bridgehead atoms. The van der Waals surface area contributed by atoms with Crippen molar-refractivity contribution >= 4 is 23.2 Å². The normalized spacial score (nSPS) is 16.7. The van der Waals surface area contributed by atoms with Crippen molar-refractivity contribution in [1.29, 1.82) is 0 Å². The summed E-state index contributed by atoms with van der Waals surface area (Å²) in [6.45, 7) is 1.71. The molecule has 5 nitrogen and oxygen atoms in total. The van der Waals surface area contributed by atoms with E-state index in [2.05, 4.69) is 0 Å². The molecule has 1 heterocycles. The second kappa shape index (κ2) is 3.94. The van der Waals surface area contributed by atoms with Crippen molar-refractivity contribution in [2.24, 2.45) is 0 Å². The van der Waals surface area contributed by atoms with Crippen molar-refractivity contribution in [3.63, 3.8) is 0 Å². The van der Waals surface area contributed by atoms with E-state index in [4.69, 9.17) is 10.5 Å². The average molecular weight is 220 g/mol. The Balaban J connectivity index is 2.38. The smallest absolute Gasteiger partial charge is 0.259 e. The van der Waals surface area contributed by atoms with Gasteiger partial charge in [-0.1, -0.05) is 0 Å². The number of ether oxygens (including phenoxy) is 1.